The molecular weight excluding hydrogens is 268 g/mol. The molecule has 0 saturated carbocycles. The summed E-state index contributed by atoms with van der Waals surface area (Å²) in [5, 5.41) is 3.32. The van der Waals surface area contributed by atoms with Crippen LogP contribution in [0.3, 0.4) is 0 Å². The van der Waals surface area contributed by atoms with Gasteiger partial charge in [0.1, 0.15) is 0 Å². The topological polar surface area (TPSA) is 12.0 Å². The van der Waals surface area contributed by atoms with Gasteiger partial charge in [0.05, 0.1) is 0 Å². The minimum absolute atomic E-state index is 0.221. The SMILES string of the molecule is CCCNC(Cc1ccccc1C)c1cccc(F)c1F. The van der Waals surface area contributed by atoms with Crippen LogP contribution in [-0.2, 0) is 6.42 Å². The van der Waals surface area contributed by atoms with Crippen molar-refractivity contribution in [2.75, 3.05) is 6.54 Å². The quantitative estimate of drug-likeness (QED) is 0.822. The van der Waals surface area contributed by atoms with Crippen molar-refractivity contribution in [2.45, 2.75) is 32.7 Å². The van der Waals surface area contributed by atoms with Crippen molar-refractivity contribution in [3.8, 4) is 0 Å². The van der Waals surface area contributed by atoms with Gasteiger partial charge in [-0.25, -0.2) is 8.78 Å². The van der Waals surface area contributed by atoms with Crippen LogP contribution in [-0.4, -0.2) is 6.54 Å². The number of benzene rings is 2. The van der Waals surface area contributed by atoms with E-state index in [-0.39, 0.29) is 6.04 Å². The van der Waals surface area contributed by atoms with Crippen LogP contribution in [0.1, 0.15) is 36.1 Å². The molecule has 0 radical (unpaired) electrons. The maximum atomic E-state index is 14.1. The highest BCUT2D eigenvalue weighted by atomic mass is 19.2. The summed E-state index contributed by atoms with van der Waals surface area (Å²) < 4.78 is 27.5. The molecule has 2 aromatic carbocycles. The first-order valence-electron chi connectivity index (χ1n) is 7.35. The van der Waals surface area contributed by atoms with Crippen LogP contribution in [0.4, 0.5) is 8.78 Å². The van der Waals surface area contributed by atoms with Crippen LogP contribution in [0.5, 0.6) is 0 Å². The maximum absolute atomic E-state index is 14.1. The van der Waals surface area contributed by atoms with Crippen molar-refractivity contribution in [3.05, 3.63) is 70.8 Å². The third-order valence-corrected chi connectivity index (χ3v) is 3.68. The lowest BCUT2D eigenvalue weighted by molar-refractivity contribution is 0.459. The Kier molecular flexibility index (Phi) is 5.45. The van der Waals surface area contributed by atoms with Gasteiger partial charge < -0.3 is 5.32 Å². The Bertz CT molecular complexity index is 596. The molecule has 2 aromatic rings. The molecule has 0 fully saturated rings. The van der Waals surface area contributed by atoms with Gasteiger partial charge in [0.2, 0.25) is 0 Å². The van der Waals surface area contributed by atoms with E-state index in [0.29, 0.717) is 12.0 Å². The lowest BCUT2D eigenvalue weighted by Gasteiger charge is -2.21. The molecule has 1 atom stereocenters. The molecule has 0 aromatic heterocycles. The zero-order valence-electron chi connectivity index (χ0n) is 12.5. The van der Waals surface area contributed by atoms with E-state index in [1.54, 1.807) is 12.1 Å². The third kappa shape index (κ3) is 3.88. The summed E-state index contributed by atoms with van der Waals surface area (Å²) in [4.78, 5) is 0. The number of nitrogens with one attached hydrogen (secondary N) is 1. The van der Waals surface area contributed by atoms with Crippen LogP contribution >= 0.6 is 0 Å². The van der Waals surface area contributed by atoms with Gasteiger partial charge in [-0.3, -0.25) is 0 Å². The molecule has 0 aliphatic rings. The van der Waals surface area contributed by atoms with Crippen molar-refractivity contribution in [2.24, 2.45) is 0 Å². The summed E-state index contributed by atoms with van der Waals surface area (Å²) >= 11 is 0. The Balaban J connectivity index is 2.30. The Labute approximate surface area is 125 Å². The van der Waals surface area contributed by atoms with Gasteiger partial charge in [-0.1, -0.05) is 43.3 Å². The van der Waals surface area contributed by atoms with E-state index in [9.17, 15) is 8.78 Å². The molecule has 1 N–H and O–H groups in total. The number of hydrogen-bond acceptors (Lipinski definition) is 1. The molecule has 0 aliphatic heterocycles. The number of aryl methyl sites for hydroxylation is 1. The van der Waals surface area contributed by atoms with Crippen LogP contribution in [0.15, 0.2) is 42.5 Å². The average molecular weight is 289 g/mol. The summed E-state index contributed by atoms with van der Waals surface area (Å²) in [5.74, 6) is -1.54. The molecule has 0 spiro atoms. The molecular formula is C18H21F2N. The van der Waals surface area contributed by atoms with E-state index in [2.05, 4.69) is 12.2 Å². The second-order valence-electron chi connectivity index (χ2n) is 5.28. The fourth-order valence-corrected chi connectivity index (χ4v) is 2.46. The highest BCUT2D eigenvalue weighted by Crippen LogP contribution is 2.24. The van der Waals surface area contributed by atoms with Gasteiger partial charge >= 0.3 is 0 Å². The molecule has 1 nitrogen and oxygen atoms in total. The van der Waals surface area contributed by atoms with Crippen LogP contribution in [0.2, 0.25) is 0 Å². The van der Waals surface area contributed by atoms with E-state index in [0.717, 1.165) is 30.2 Å². The monoisotopic (exact) mass is 289 g/mol. The van der Waals surface area contributed by atoms with Gasteiger partial charge in [0, 0.05) is 11.6 Å². The first kappa shape index (κ1) is 15.6. The molecule has 0 bridgehead atoms. The van der Waals surface area contributed by atoms with Crippen LogP contribution < -0.4 is 5.32 Å². The number of halogens is 2. The van der Waals surface area contributed by atoms with E-state index in [1.165, 1.54) is 0 Å². The van der Waals surface area contributed by atoms with Gasteiger partial charge in [-0.15, -0.1) is 0 Å². The minimum Gasteiger partial charge on any atom is -0.310 e. The van der Waals surface area contributed by atoms with E-state index >= 15 is 0 Å². The number of rotatable bonds is 6. The van der Waals surface area contributed by atoms with Gasteiger partial charge in [-0.2, -0.15) is 0 Å². The minimum atomic E-state index is -0.791. The zero-order valence-corrected chi connectivity index (χ0v) is 12.5. The van der Waals surface area contributed by atoms with E-state index in [1.807, 2.05) is 31.2 Å². The molecule has 112 valence electrons. The summed E-state index contributed by atoms with van der Waals surface area (Å²) in [7, 11) is 0. The van der Waals surface area contributed by atoms with Crippen molar-refractivity contribution in [1.29, 1.82) is 0 Å². The van der Waals surface area contributed by atoms with Crippen molar-refractivity contribution in [3.63, 3.8) is 0 Å². The Morgan fingerprint density at radius 1 is 1.05 bits per heavy atom. The molecule has 3 heteroatoms. The Morgan fingerprint density at radius 2 is 1.81 bits per heavy atom. The predicted molar refractivity (Wildman–Crippen MR) is 82.3 cm³/mol. The van der Waals surface area contributed by atoms with E-state index < -0.39 is 11.6 Å². The fourth-order valence-electron chi connectivity index (χ4n) is 2.46. The highest BCUT2D eigenvalue weighted by molar-refractivity contribution is 5.30. The summed E-state index contributed by atoms with van der Waals surface area (Å²) in [6, 6.07) is 12.2. The molecule has 0 aliphatic carbocycles. The second kappa shape index (κ2) is 7.32. The molecule has 0 saturated heterocycles. The molecule has 2 rings (SSSR count). The third-order valence-electron chi connectivity index (χ3n) is 3.68. The second-order valence-corrected chi connectivity index (χ2v) is 5.28. The largest absolute Gasteiger partial charge is 0.310 e. The maximum Gasteiger partial charge on any atom is 0.163 e. The zero-order chi connectivity index (χ0) is 15.2. The van der Waals surface area contributed by atoms with Crippen molar-refractivity contribution < 1.29 is 8.78 Å². The first-order valence-corrected chi connectivity index (χ1v) is 7.35. The molecule has 1 unspecified atom stereocenters. The Hall–Kier alpha value is -1.74. The van der Waals surface area contributed by atoms with Gasteiger partial charge in [0.15, 0.2) is 11.6 Å². The fraction of sp³-hybridized carbons (Fsp3) is 0.333. The smallest absolute Gasteiger partial charge is 0.163 e. The summed E-state index contributed by atoms with van der Waals surface area (Å²) in [6.45, 7) is 4.86. The predicted octanol–water partition coefficient (Wildman–Crippen LogP) is 4.56. The van der Waals surface area contributed by atoms with Crippen LogP contribution in [0, 0.1) is 18.6 Å². The van der Waals surface area contributed by atoms with Crippen molar-refractivity contribution >= 4 is 0 Å². The Morgan fingerprint density at radius 3 is 2.52 bits per heavy atom. The standard InChI is InChI=1S/C18H21F2N/c1-3-11-21-17(12-14-8-5-4-7-13(14)2)15-9-6-10-16(19)18(15)20/h4-10,17,21H,3,11-12H2,1-2H3. The normalized spacial score (nSPS) is 12.4. The summed E-state index contributed by atoms with van der Waals surface area (Å²) in [5.41, 5.74) is 2.71. The van der Waals surface area contributed by atoms with Gasteiger partial charge in [0.25, 0.3) is 0 Å². The highest BCUT2D eigenvalue weighted by Gasteiger charge is 2.18. The number of hydrogen-bond donors (Lipinski definition) is 1. The molecule has 0 amide bonds. The van der Waals surface area contributed by atoms with Crippen molar-refractivity contribution in [1.82, 2.24) is 5.32 Å². The lowest BCUT2D eigenvalue weighted by atomic mass is 9.95. The molecule has 0 heterocycles. The van der Waals surface area contributed by atoms with Gasteiger partial charge in [-0.05, 0) is 43.5 Å². The first-order chi connectivity index (χ1) is 10.1. The lowest BCUT2D eigenvalue weighted by Crippen LogP contribution is -2.25. The average Bonchev–Trinajstić information content (AvgIpc) is 2.48. The van der Waals surface area contributed by atoms with E-state index in [4.69, 9.17) is 0 Å². The summed E-state index contributed by atoms with van der Waals surface area (Å²) in [6.07, 6.45) is 1.59. The van der Waals surface area contributed by atoms with Crippen LogP contribution in [0.25, 0.3) is 0 Å². The molecule has 21 heavy (non-hydrogen) atoms.